The quantitative estimate of drug-likeness (QED) is 0.630. The van der Waals surface area contributed by atoms with Crippen molar-refractivity contribution in [2.45, 2.75) is 6.92 Å². The average molecular weight is 365 g/mol. The van der Waals surface area contributed by atoms with Gasteiger partial charge in [0.1, 0.15) is 18.0 Å². The van der Waals surface area contributed by atoms with Crippen molar-refractivity contribution in [3.05, 3.63) is 65.4 Å². The van der Waals surface area contributed by atoms with Crippen LogP contribution in [0.25, 0.3) is 6.08 Å². The Morgan fingerprint density at radius 1 is 1.19 bits per heavy atom. The number of imide groups is 1. The summed E-state index contributed by atoms with van der Waals surface area (Å²) in [5.41, 5.74) is 2.47. The number of methoxy groups -OCH3 is 1. The molecule has 2 aromatic rings. The number of carbonyl (C=O) groups excluding carboxylic acids is 3. The Bertz CT molecular complexity index is 919. The van der Waals surface area contributed by atoms with E-state index in [4.69, 9.17) is 4.74 Å². The summed E-state index contributed by atoms with van der Waals surface area (Å²) in [6, 6.07) is 13.7. The highest BCUT2D eigenvalue weighted by molar-refractivity contribution is 6.15. The lowest BCUT2D eigenvalue weighted by Gasteiger charge is -2.12. The molecule has 0 aromatic heterocycles. The molecule has 0 aliphatic carbocycles. The molecule has 0 radical (unpaired) electrons. The van der Waals surface area contributed by atoms with Crippen molar-refractivity contribution in [2.24, 2.45) is 0 Å². The molecule has 0 unspecified atom stereocenters. The van der Waals surface area contributed by atoms with E-state index in [1.807, 2.05) is 19.1 Å². The van der Waals surface area contributed by atoms with E-state index >= 15 is 0 Å². The van der Waals surface area contributed by atoms with Gasteiger partial charge in [-0.05, 0) is 42.8 Å². The third kappa shape index (κ3) is 4.33. The summed E-state index contributed by atoms with van der Waals surface area (Å²) in [5, 5.41) is 5.16. The largest absolute Gasteiger partial charge is 0.497 e. The van der Waals surface area contributed by atoms with Gasteiger partial charge in [-0.25, -0.2) is 9.69 Å². The van der Waals surface area contributed by atoms with E-state index in [0.29, 0.717) is 17.0 Å². The molecule has 0 bridgehead atoms. The van der Waals surface area contributed by atoms with E-state index in [1.165, 1.54) is 0 Å². The molecule has 138 valence electrons. The number of nitrogens with one attached hydrogen (secondary N) is 2. The first-order valence-corrected chi connectivity index (χ1v) is 8.31. The third-order valence-corrected chi connectivity index (χ3v) is 4.00. The highest BCUT2D eigenvalue weighted by Gasteiger charge is 2.34. The smallest absolute Gasteiger partial charge is 0.329 e. The second-order valence-corrected chi connectivity index (χ2v) is 6.07. The normalized spacial score (nSPS) is 15.0. The maximum Gasteiger partial charge on any atom is 0.329 e. The van der Waals surface area contributed by atoms with Gasteiger partial charge in [-0.1, -0.05) is 29.8 Å². The summed E-state index contributed by atoms with van der Waals surface area (Å²) in [7, 11) is 1.54. The minimum atomic E-state index is -0.631. The molecule has 7 heteroatoms. The summed E-state index contributed by atoms with van der Waals surface area (Å²) in [6.07, 6.45) is 1.54. The fourth-order valence-corrected chi connectivity index (χ4v) is 2.59. The van der Waals surface area contributed by atoms with Crippen molar-refractivity contribution in [1.29, 1.82) is 0 Å². The number of amides is 4. The van der Waals surface area contributed by atoms with Gasteiger partial charge in [0.15, 0.2) is 0 Å². The Morgan fingerprint density at radius 3 is 2.63 bits per heavy atom. The molecule has 1 aliphatic heterocycles. The lowest BCUT2D eigenvalue weighted by Crippen LogP contribution is -2.38. The first kappa shape index (κ1) is 18.2. The Balaban J connectivity index is 1.69. The molecule has 1 aliphatic rings. The van der Waals surface area contributed by atoms with Crippen molar-refractivity contribution in [3.63, 3.8) is 0 Å². The summed E-state index contributed by atoms with van der Waals surface area (Å²) in [6.45, 7) is 1.57. The lowest BCUT2D eigenvalue weighted by atomic mass is 10.2. The molecule has 1 fully saturated rings. The van der Waals surface area contributed by atoms with Crippen molar-refractivity contribution in [2.75, 3.05) is 19.0 Å². The first-order valence-electron chi connectivity index (χ1n) is 8.31. The van der Waals surface area contributed by atoms with Crippen LogP contribution in [0.2, 0.25) is 0 Å². The highest BCUT2D eigenvalue weighted by atomic mass is 16.5. The van der Waals surface area contributed by atoms with Gasteiger partial charge in [-0.15, -0.1) is 0 Å². The highest BCUT2D eigenvalue weighted by Crippen LogP contribution is 2.18. The minimum Gasteiger partial charge on any atom is -0.497 e. The number of hydrogen-bond donors (Lipinski definition) is 2. The maximum atomic E-state index is 12.5. The second kappa shape index (κ2) is 7.74. The molecule has 1 saturated heterocycles. The van der Waals surface area contributed by atoms with Gasteiger partial charge in [0.05, 0.1) is 7.11 Å². The van der Waals surface area contributed by atoms with Gasteiger partial charge >= 0.3 is 6.03 Å². The van der Waals surface area contributed by atoms with Crippen molar-refractivity contribution in [3.8, 4) is 5.75 Å². The topological polar surface area (TPSA) is 87.7 Å². The van der Waals surface area contributed by atoms with Gasteiger partial charge < -0.3 is 15.4 Å². The van der Waals surface area contributed by atoms with Crippen LogP contribution in [0.15, 0.2) is 54.2 Å². The molecule has 2 aromatic carbocycles. The van der Waals surface area contributed by atoms with Gasteiger partial charge in [0, 0.05) is 5.69 Å². The number of carbonyl (C=O) groups is 3. The predicted molar refractivity (Wildman–Crippen MR) is 101 cm³/mol. The molecule has 0 saturated carbocycles. The maximum absolute atomic E-state index is 12.5. The standard InChI is InChI=1S/C20H19N3O4/c1-13-6-8-15(9-7-13)21-18(24)12-23-19(25)17(22-20(23)26)11-14-4-3-5-16(10-14)27-2/h3-11H,12H2,1-2H3,(H,21,24)(H,22,26)/b17-11+. The van der Waals surface area contributed by atoms with E-state index in [0.717, 1.165) is 10.5 Å². The van der Waals surface area contributed by atoms with Crippen LogP contribution in [0, 0.1) is 6.92 Å². The number of urea groups is 1. The number of hydrogen-bond acceptors (Lipinski definition) is 4. The molecule has 3 rings (SSSR count). The molecule has 0 spiro atoms. The minimum absolute atomic E-state index is 0.108. The Morgan fingerprint density at radius 2 is 1.93 bits per heavy atom. The fourth-order valence-electron chi connectivity index (χ4n) is 2.59. The van der Waals surface area contributed by atoms with E-state index in [9.17, 15) is 14.4 Å². The monoisotopic (exact) mass is 365 g/mol. The lowest BCUT2D eigenvalue weighted by molar-refractivity contribution is -0.127. The SMILES string of the molecule is COc1cccc(/C=C2/NC(=O)N(CC(=O)Nc3ccc(C)cc3)C2=O)c1. The third-order valence-electron chi connectivity index (χ3n) is 4.00. The van der Waals surface area contributed by atoms with Gasteiger partial charge in [0.25, 0.3) is 5.91 Å². The Kier molecular flexibility index (Phi) is 5.21. The zero-order valence-corrected chi connectivity index (χ0v) is 15.0. The Hall–Kier alpha value is -3.61. The summed E-state index contributed by atoms with van der Waals surface area (Å²) < 4.78 is 5.14. The van der Waals surface area contributed by atoms with Crippen molar-refractivity contribution < 1.29 is 19.1 Å². The Labute approximate surface area is 156 Å². The van der Waals surface area contributed by atoms with Crippen LogP contribution >= 0.6 is 0 Å². The average Bonchev–Trinajstić information content (AvgIpc) is 2.91. The molecule has 7 nitrogen and oxygen atoms in total. The van der Waals surface area contributed by atoms with Gasteiger partial charge in [0.2, 0.25) is 5.91 Å². The van der Waals surface area contributed by atoms with Gasteiger partial charge in [-0.3, -0.25) is 9.59 Å². The molecule has 1 heterocycles. The fraction of sp³-hybridized carbons (Fsp3) is 0.150. The second-order valence-electron chi connectivity index (χ2n) is 6.07. The predicted octanol–water partition coefficient (Wildman–Crippen LogP) is 2.54. The number of nitrogens with zero attached hydrogens (tertiary/aromatic N) is 1. The molecular formula is C20H19N3O4. The van der Waals surface area contributed by atoms with Crippen LogP contribution in [-0.4, -0.2) is 36.4 Å². The van der Waals surface area contributed by atoms with Crippen LogP contribution in [0.1, 0.15) is 11.1 Å². The summed E-state index contributed by atoms with van der Waals surface area (Å²) in [4.78, 5) is 37.6. The van der Waals surface area contributed by atoms with E-state index in [1.54, 1.807) is 49.6 Å². The number of benzene rings is 2. The van der Waals surface area contributed by atoms with Crippen LogP contribution in [0.5, 0.6) is 5.75 Å². The number of rotatable bonds is 5. The van der Waals surface area contributed by atoms with Gasteiger partial charge in [-0.2, -0.15) is 0 Å². The van der Waals surface area contributed by atoms with Crippen LogP contribution in [0.4, 0.5) is 10.5 Å². The molecule has 0 atom stereocenters. The number of aryl methyl sites for hydroxylation is 1. The number of anilines is 1. The molecular weight excluding hydrogens is 346 g/mol. The van der Waals surface area contributed by atoms with Crippen LogP contribution in [-0.2, 0) is 9.59 Å². The van der Waals surface area contributed by atoms with E-state index in [2.05, 4.69) is 10.6 Å². The van der Waals surface area contributed by atoms with E-state index < -0.39 is 17.8 Å². The molecule has 27 heavy (non-hydrogen) atoms. The number of ether oxygens (including phenoxy) is 1. The zero-order chi connectivity index (χ0) is 19.4. The summed E-state index contributed by atoms with van der Waals surface area (Å²) in [5.74, 6) is -0.373. The first-order chi connectivity index (χ1) is 13.0. The van der Waals surface area contributed by atoms with Crippen LogP contribution < -0.4 is 15.4 Å². The van der Waals surface area contributed by atoms with Crippen LogP contribution in [0.3, 0.4) is 0 Å². The van der Waals surface area contributed by atoms with Crippen molar-refractivity contribution >= 4 is 29.6 Å². The zero-order valence-electron chi connectivity index (χ0n) is 15.0. The molecule has 2 N–H and O–H groups in total. The molecule has 4 amide bonds. The van der Waals surface area contributed by atoms with E-state index in [-0.39, 0.29) is 12.2 Å². The summed E-state index contributed by atoms with van der Waals surface area (Å²) >= 11 is 0. The van der Waals surface area contributed by atoms with Crippen molar-refractivity contribution in [1.82, 2.24) is 10.2 Å².